The number of nitrogens with zero attached hydrogens (tertiary/aromatic N) is 4. The number of carbonyl (C=O) groups is 1. The minimum Gasteiger partial charge on any atom is -0.497 e. The lowest BCUT2D eigenvalue weighted by Gasteiger charge is -2.30. The Bertz CT molecular complexity index is 1320. The summed E-state index contributed by atoms with van der Waals surface area (Å²) in [5.74, 6) is 2.29. The molecule has 4 aromatic rings. The number of fused-ring (bicyclic) bond motifs is 1. The highest BCUT2D eigenvalue weighted by molar-refractivity contribution is 5.94. The molecule has 0 bridgehead atoms. The van der Waals surface area contributed by atoms with Gasteiger partial charge in [-0.25, -0.2) is 14.6 Å². The number of aromatic nitrogens is 4. The van der Waals surface area contributed by atoms with Crippen LogP contribution in [0.2, 0.25) is 0 Å². The van der Waals surface area contributed by atoms with Crippen LogP contribution in [0.15, 0.2) is 54.7 Å². The van der Waals surface area contributed by atoms with E-state index in [4.69, 9.17) is 4.74 Å². The summed E-state index contributed by atoms with van der Waals surface area (Å²) in [6.45, 7) is 3.92. The third kappa shape index (κ3) is 4.96. The van der Waals surface area contributed by atoms with Gasteiger partial charge in [-0.2, -0.15) is 5.10 Å². The molecule has 1 saturated carbocycles. The first-order valence-electron chi connectivity index (χ1n) is 12.0. The number of amides is 1. The van der Waals surface area contributed by atoms with Crippen molar-refractivity contribution in [3.8, 4) is 11.4 Å². The normalized spacial score (nSPS) is 17.8. The maximum atomic E-state index is 12.6. The second kappa shape index (κ2) is 9.74. The van der Waals surface area contributed by atoms with Gasteiger partial charge in [-0.3, -0.25) is 4.79 Å². The zero-order chi connectivity index (χ0) is 24.4. The van der Waals surface area contributed by atoms with Crippen molar-refractivity contribution < 1.29 is 9.53 Å². The molecule has 35 heavy (non-hydrogen) atoms. The third-order valence-electron chi connectivity index (χ3n) is 6.57. The SMILES string of the molecule is COc1ccc(-n2ncc3c(NC4CCC(NC(=O)c5ccc(C)cc5)CC4)nc(C)nc32)cc1. The molecule has 5 rings (SSSR count). The Kier molecular flexibility index (Phi) is 6.35. The van der Waals surface area contributed by atoms with Gasteiger partial charge in [-0.05, 0) is 75.9 Å². The van der Waals surface area contributed by atoms with Crippen LogP contribution in [0.1, 0.15) is 47.4 Å². The lowest BCUT2D eigenvalue weighted by Crippen LogP contribution is -2.40. The highest BCUT2D eigenvalue weighted by Crippen LogP contribution is 2.27. The lowest BCUT2D eigenvalue weighted by molar-refractivity contribution is 0.0926. The van der Waals surface area contributed by atoms with E-state index in [2.05, 4.69) is 25.7 Å². The van der Waals surface area contributed by atoms with Crippen molar-refractivity contribution in [1.82, 2.24) is 25.1 Å². The van der Waals surface area contributed by atoms with Gasteiger partial charge in [0.2, 0.25) is 0 Å². The summed E-state index contributed by atoms with van der Waals surface area (Å²) in [5, 5.41) is 12.3. The average molecular weight is 471 g/mol. The maximum Gasteiger partial charge on any atom is 0.251 e. The Morgan fingerprint density at radius 1 is 0.943 bits per heavy atom. The number of carbonyl (C=O) groups excluding carboxylic acids is 1. The monoisotopic (exact) mass is 470 g/mol. The van der Waals surface area contributed by atoms with Crippen LogP contribution in [-0.4, -0.2) is 44.8 Å². The molecule has 1 fully saturated rings. The Balaban J connectivity index is 1.26. The summed E-state index contributed by atoms with van der Waals surface area (Å²) >= 11 is 0. The van der Waals surface area contributed by atoms with Crippen molar-refractivity contribution in [2.45, 2.75) is 51.6 Å². The van der Waals surface area contributed by atoms with Crippen LogP contribution in [0, 0.1) is 13.8 Å². The molecule has 1 amide bonds. The number of nitrogens with one attached hydrogen (secondary N) is 2. The standard InChI is InChI=1S/C27H30N6O2/c1-17-4-6-19(7-5-17)27(34)32-21-10-8-20(9-11-21)31-25-24-16-28-33(26(24)30-18(2)29-25)22-12-14-23(35-3)15-13-22/h4-7,12-16,20-21H,8-11H2,1-3H3,(H,32,34)(H,29,30,31). The molecule has 8 heteroatoms. The zero-order valence-corrected chi connectivity index (χ0v) is 20.3. The molecule has 2 heterocycles. The van der Waals surface area contributed by atoms with Crippen molar-refractivity contribution in [2.24, 2.45) is 0 Å². The predicted octanol–water partition coefficient (Wildman–Crippen LogP) is 4.59. The molecule has 0 aliphatic heterocycles. The molecular formula is C27H30N6O2. The summed E-state index contributed by atoms with van der Waals surface area (Å²) < 4.78 is 7.09. The van der Waals surface area contributed by atoms with E-state index < -0.39 is 0 Å². The predicted molar refractivity (Wildman–Crippen MR) is 136 cm³/mol. The highest BCUT2D eigenvalue weighted by atomic mass is 16.5. The molecule has 1 aliphatic carbocycles. The van der Waals surface area contributed by atoms with Crippen molar-refractivity contribution in [3.05, 3.63) is 71.7 Å². The molecule has 2 aromatic carbocycles. The molecule has 0 radical (unpaired) electrons. The molecular weight excluding hydrogens is 440 g/mol. The van der Waals surface area contributed by atoms with Crippen molar-refractivity contribution in [1.29, 1.82) is 0 Å². The summed E-state index contributed by atoms with van der Waals surface area (Å²) in [7, 11) is 1.65. The maximum absolute atomic E-state index is 12.6. The van der Waals surface area contributed by atoms with Gasteiger partial charge in [0, 0.05) is 17.6 Å². The average Bonchev–Trinajstić information content (AvgIpc) is 3.29. The number of ether oxygens (including phenoxy) is 1. The van der Waals surface area contributed by atoms with E-state index in [-0.39, 0.29) is 18.0 Å². The minimum atomic E-state index is 0.000453. The minimum absolute atomic E-state index is 0.000453. The van der Waals surface area contributed by atoms with Crippen molar-refractivity contribution >= 4 is 22.8 Å². The van der Waals surface area contributed by atoms with E-state index >= 15 is 0 Å². The van der Waals surface area contributed by atoms with E-state index in [9.17, 15) is 4.79 Å². The third-order valence-corrected chi connectivity index (χ3v) is 6.57. The van der Waals surface area contributed by atoms with Crippen molar-refractivity contribution in [2.75, 3.05) is 12.4 Å². The van der Waals surface area contributed by atoms with Crippen molar-refractivity contribution in [3.63, 3.8) is 0 Å². The molecule has 2 N–H and O–H groups in total. The molecule has 2 aromatic heterocycles. The highest BCUT2D eigenvalue weighted by Gasteiger charge is 2.24. The Morgan fingerprint density at radius 2 is 1.63 bits per heavy atom. The molecule has 1 aliphatic rings. The molecule has 180 valence electrons. The first kappa shape index (κ1) is 22.8. The topological polar surface area (TPSA) is 94.0 Å². The van der Waals surface area contributed by atoms with Gasteiger partial charge in [0.25, 0.3) is 5.91 Å². The van der Waals surface area contributed by atoms with Crippen LogP contribution >= 0.6 is 0 Å². The van der Waals surface area contributed by atoms with E-state index in [0.29, 0.717) is 11.4 Å². The van der Waals surface area contributed by atoms with Gasteiger partial charge in [-0.15, -0.1) is 0 Å². The number of aryl methyl sites for hydroxylation is 2. The second-order valence-corrected chi connectivity index (χ2v) is 9.14. The summed E-state index contributed by atoms with van der Waals surface area (Å²) in [6.07, 6.45) is 5.57. The van der Waals surface area contributed by atoms with E-state index in [1.807, 2.05) is 73.3 Å². The van der Waals surface area contributed by atoms with Gasteiger partial charge in [0.15, 0.2) is 5.65 Å². The largest absolute Gasteiger partial charge is 0.497 e. The fourth-order valence-electron chi connectivity index (χ4n) is 4.59. The smallest absolute Gasteiger partial charge is 0.251 e. The Morgan fingerprint density at radius 3 is 2.31 bits per heavy atom. The molecule has 0 unspecified atom stereocenters. The number of benzene rings is 2. The molecule has 0 spiro atoms. The Labute approximate surface area is 204 Å². The van der Waals surface area contributed by atoms with E-state index in [1.54, 1.807) is 7.11 Å². The zero-order valence-electron chi connectivity index (χ0n) is 20.3. The van der Waals surface area contributed by atoms with Gasteiger partial charge >= 0.3 is 0 Å². The van der Waals surface area contributed by atoms with Gasteiger partial charge in [-0.1, -0.05) is 17.7 Å². The summed E-state index contributed by atoms with van der Waals surface area (Å²) in [4.78, 5) is 21.9. The quantitative estimate of drug-likeness (QED) is 0.428. The van der Waals surface area contributed by atoms with Crippen LogP contribution in [-0.2, 0) is 0 Å². The first-order chi connectivity index (χ1) is 17.0. The summed E-state index contributed by atoms with van der Waals surface area (Å²) in [6, 6.07) is 15.9. The number of anilines is 1. The lowest BCUT2D eigenvalue weighted by atomic mass is 9.91. The van der Waals surface area contributed by atoms with Crippen LogP contribution in [0.4, 0.5) is 5.82 Å². The Hall–Kier alpha value is -3.94. The number of rotatable bonds is 6. The van der Waals surface area contributed by atoms with Crippen LogP contribution in [0.5, 0.6) is 5.75 Å². The first-order valence-corrected chi connectivity index (χ1v) is 12.0. The van der Waals surface area contributed by atoms with Crippen LogP contribution in [0.25, 0.3) is 16.7 Å². The van der Waals surface area contributed by atoms with Gasteiger partial charge < -0.3 is 15.4 Å². The van der Waals surface area contributed by atoms with E-state index in [0.717, 1.165) is 59.5 Å². The fraction of sp³-hybridized carbons (Fsp3) is 0.333. The van der Waals surface area contributed by atoms with Gasteiger partial charge in [0.05, 0.1) is 24.4 Å². The molecule has 8 nitrogen and oxygen atoms in total. The molecule has 0 saturated heterocycles. The number of methoxy groups -OCH3 is 1. The fourth-order valence-corrected chi connectivity index (χ4v) is 4.59. The van der Waals surface area contributed by atoms with Gasteiger partial charge in [0.1, 0.15) is 17.4 Å². The number of hydrogen-bond donors (Lipinski definition) is 2. The molecule has 0 atom stereocenters. The number of hydrogen-bond acceptors (Lipinski definition) is 6. The summed E-state index contributed by atoms with van der Waals surface area (Å²) in [5.41, 5.74) is 3.54. The van der Waals surface area contributed by atoms with E-state index in [1.165, 1.54) is 0 Å². The van der Waals surface area contributed by atoms with Crippen LogP contribution in [0.3, 0.4) is 0 Å². The second-order valence-electron chi connectivity index (χ2n) is 9.14. The van der Waals surface area contributed by atoms with Crippen LogP contribution < -0.4 is 15.4 Å².